The van der Waals surface area contributed by atoms with Crippen molar-refractivity contribution in [2.75, 3.05) is 0 Å². The van der Waals surface area contributed by atoms with Gasteiger partial charge in [-0.05, 0) is 40.9 Å². The number of imidazole rings is 1. The first kappa shape index (κ1) is 9.67. The highest BCUT2D eigenvalue weighted by Gasteiger charge is 2.15. The second kappa shape index (κ2) is 3.49. The Morgan fingerprint density at radius 3 is 3.07 bits per heavy atom. The minimum atomic E-state index is 0.734. The molecule has 0 aliphatic carbocycles. The summed E-state index contributed by atoms with van der Waals surface area (Å²) >= 11 is 9.51. The SMILES string of the molecule is Clc1cc2nc3n(c2cc1Br)CCCC3. The molecule has 2 nitrogen and oxygen atoms in total. The molecular weight excluding hydrogens is 275 g/mol. The predicted octanol–water partition coefficient (Wildman–Crippen LogP) is 3.79. The minimum Gasteiger partial charge on any atom is -0.328 e. The van der Waals surface area contributed by atoms with Gasteiger partial charge in [0, 0.05) is 17.4 Å². The van der Waals surface area contributed by atoms with E-state index in [4.69, 9.17) is 11.6 Å². The third-order valence-corrected chi connectivity index (χ3v) is 4.10. The van der Waals surface area contributed by atoms with Crippen molar-refractivity contribution in [3.8, 4) is 0 Å². The van der Waals surface area contributed by atoms with Crippen LogP contribution in [0, 0.1) is 0 Å². The number of fused-ring (bicyclic) bond motifs is 3. The Balaban J connectivity index is 2.33. The van der Waals surface area contributed by atoms with E-state index in [0.717, 1.165) is 28.0 Å². The molecule has 0 bridgehead atoms. The summed E-state index contributed by atoms with van der Waals surface area (Å²) in [5.74, 6) is 1.20. The normalized spacial score (nSPS) is 15.6. The lowest BCUT2D eigenvalue weighted by atomic mass is 10.2. The van der Waals surface area contributed by atoms with Crippen LogP contribution in [0.25, 0.3) is 11.0 Å². The van der Waals surface area contributed by atoms with Gasteiger partial charge in [0.15, 0.2) is 0 Å². The summed E-state index contributed by atoms with van der Waals surface area (Å²) in [6.07, 6.45) is 3.58. The van der Waals surface area contributed by atoms with Gasteiger partial charge in [0.1, 0.15) is 5.82 Å². The molecule has 1 aliphatic rings. The van der Waals surface area contributed by atoms with Crippen LogP contribution in [0.4, 0.5) is 0 Å². The molecule has 0 atom stereocenters. The molecule has 0 spiro atoms. The Hall–Kier alpha value is -0.540. The Morgan fingerprint density at radius 1 is 1.33 bits per heavy atom. The lowest BCUT2D eigenvalue weighted by Gasteiger charge is -2.13. The first-order chi connectivity index (χ1) is 7.25. The van der Waals surface area contributed by atoms with Crippen molar-refractivity contribution < 1.29 is 0 Å². The molecule has 0 fully saturated rings. The van der Waals surface area contributed by atoms with E-state index < -0.39 is 0 Å². The van der Waals surface area contributed by atoms with Gasteiger partial charge in [-0.25, -0.2) is 4.98 Å². The van der Waals surface area contributed by atoms with Crippen molar-refractivity contribution in [2.45, 2.75) is 25.8 Å². The highest BCUT2D eigenvalue weighted by molar-refractivity contribution is 9.10. The fraction of sp³-hybridized carbons (Fsp3) is 0.364. The van der Waals surface area contributed by atoms with Crippen molar-refractivity contribution in [1.82, 2.24) is 9.55 Å². The summed E-state index contributed by atoms with van der Waals surface area (Å²) in [7, 11) is 0. The molecular formula is C11H10BrClN2. The molecule has 0 radical (unpaired) electrons. The molecule has 3 rings (SSSR count). The van der Waals surface area contributed by atoms with Crippen LogP contribution in [0.1, 0.15) is 18.7 Å². The highest BCUT2D eigenvalue weighted by Crippen LogP contribution is 2.30. The number of benzene rings is 1. The highest BCUT2D eigenvalue weighted by atomic mass is 79.9. The summed E-state index contributed by atoms with van der Waals surface area (Å²) in [4.78, 5) is 4.61. The number of hydrogen-bond acceptors (Lipinski definition) is 1. The lowest BCUT2D eigenvalue weighted by Crippen LogP contribution is -2.09. The number of aromatic nitrogens is 2. The van der Waals surface area contributed by atoms with Gasteiger partial charge in [0.2, 0.25) is 0 Å². The van der Waals surface area contributed by atoms with Gasteiger partial charge < -0.3 is 4.57 Å². The van der Waals surface area contributed by atoms with Gasteiger partial charge in [-0.1, -0.05) is 11.6 Å². The predicted molar refractivity (Wildman–Crippen MR) is 65.4 cm³/mol. The Bertz CT molecular complexity index is 533. The molecule has 15 heavy (non-hydrogen) atoms. The monoisotopic (exact) mass is 284 g/mol. The fourth-order valence-electron chi connectivity index (χ4n) is 2.16. The van der Waals surface area contributed by atoms with Crippen LogP contribution in [-0.4, -0.2) is 9.55 Å². The maximum Gasteiger partial charge on any atom is 0.109 e. The van der Waals surface area contributed by atoms with Crippen molar-refractivity contribution in [2.24, 2.45) is 0 Å². The van der Waals surface area contributed by atoms with E-state index in [1.807, 2.05) is 6.07 Å². The smallest absolute Gasteiger partial charge is 0.109 e. The molecule has 1 aliphatic heterocycles. The Morgan fingerprint density at radius 2 is 2.20 bits per heavy atom. The summed E-state index contributed by atoms with van der Waals surface area (Å²) in [5.41, 5.74) is 2.21. The summed E-state index contributed by atoms with van der Waals surface area (Å²) < 4.78 is 3.25. The van der Waals surface area contributed by atoms with Crippen LogP contribution in [0.5, 0.6) is 0 Å². The van der Waals surface area contributed by atoms with E-state index in [1.165, 1.54) is 24.2 Å². The first-order valence-electron chi connectivity index (χ1n) is 5.10. The largest absolute Gasteiger partial charge is 0.328 e. The first-order valence-corrected chi connectivity index (χ1v) is 6.27. The summed E-state index contributed by atoms with van der Waals surface area (Å²) in [5, 5.41) is 0.734. The maximum atomic E-state index is 6.06. The Labute approximate surface area is 101 Å². The molecule has 0 N–H and O–H groups in total. The summed E-state index contributed by atoms with van der Waals surface area (Å²) in [6, 6.07) is 4.01. The summed E-state index contributed by atoms with van der Waals surface area (Å²) in [6.45, 7) is 1.08. The van der Waals surface area contributed by atoms with Crippen molar-refractivity contribution in [3.63, 3.8) is 0 Å². The Kier molecular flexibility index (Phi) is 2.25. The third-order valence-electron chi connectivity index (χ3n) is 2.90. The van der Waals surface area contributed by atoms with E-state index in [1.54, 1.807) is 0 Å². The topological polar surface area (TPSA) is 17.8 Å². The van der Waals surface area contributed by atoms with Gasteiger partial charge >= 0.3 is 0 Å². The second-order valence-electron chi connectivity index (χ2n) is 3.89. The number of aryl methyl sites for hydroxylation is 2. The van der Waals surface area contributed by atoms with E-state index in [-0.39, 0.29) is 0 Å². The van der Waals surface area contributed by atoms with Gasteiger partial charge in [-0.15, -0.1) is 0 Å². The van der Waals surface area contributed by atoms with E-state index in [0.29, 0.717) is 0 Å². The average molecular weight is 286 g/mol. The zero-order chi connectivity index (χ0) is 10.4. The zero-order valence-electron chi connectivity index (χ0n) is 8.13. The third kappa shape index (κ3) is 1.49. The van der Waals surface area contributed by atoms with Crippen molar-refractivity contribution in [3.05, 3.63) is 27.5 Å². The molecule has 1 aromatic carbocycles. The zero-order valence-corrected chi connectivity index (χ0v) is 10.5. The number of halogens is 2. The van der Waals surface area contributed by atoms with Gasteiger partial charge in [-0.3, -0.25) is 0 Å². The molecule has 1 aromatic heterocycles. The van der Waals surface area contributed by atoms with Crippen LogP contribution in [0.15, 0.2) is 16.6 Å². The van der Waals surface area contributed by atoms with Gasteiger partial charge in [-0.2, -0.15) is 0 Å². The number of hydrogen-bond donors (Lipinski definition) is 0. The maximum absolute atomic E-state index is 6.06. The van der Waals surface area contributed by atoms with Crippen LogP contribution in [0.3, 0.4) is 0 Å². The number of rotatable bonds is 0. The molecule has 4 heteroatoms. The van der Waals surface area contributed by atoms with Crippen LogP contribution >= 0.6 is 27.5 Å². The molecule has 2 heterocycles. The minimum absolute atomic E-state index is 0.734. The average Bonchev–Trinajstić information content (AvgIpc) is 2.57. The van der Waals surface area contributed by atoms with E-state index in [2.05, 4.69) is 31.5 Å². The van der Waals surface area contributed by atoms with Crippen LogP contribution in [0.2, 0.25) is 5.02 Å². The molecule has 0 unspecified atom stereocenters. The molecule has 0 amide bonds. The van der Waals surface area contributed by atoms with Crippen LogP contribution < -0.4 is 0 Å². The van der Waals surface area contributed by atoms with Crippen LogP contribution in [-0.2, 0) is 13.0 Å². The standard InChI is InChI=1S/C11H10BrClN2/c12-7-5-10-9(6-8(7)13)14-11-3-1-2-4-15(10)11/h5-6H,1-4H2. The quantitative estimate of drug-likeness (QED) is 0.720. The van der Waals surface area contributed by atoms with Crippen molar-refractivity contribution >= 4 is 38.6 Å². The fourth-order valence-corrected chi connectivity index (χ4v) is 2.65. The molecule has 78 valence electrons. The number of nitrogens with zero attached hydrogens (tertiary/aromatic N) is 2. The van der Waals surface area contributed by atoms with E-state index >= 15 is 0 Å². The second-order valence-corrected chi connectivity index (χ2v) is 5.15. The molecule has 0 saturated carbocycles. The van der Waals surface area contributed by atoms with E-state index in [9.17, 15) is 0 Å². The molecule has 0 saturated heterocycles. The lowest BCUT2D eigenvalue weighted by molar-refractivity contribution is 0.533. The van der Waals surface area contributed by atoms with Gasteiger partial charge in [0.05, 0.1) is 16.1 Å². The van der Waals surface area contributed by atoms with Crippen molar-refractivity contribution in [1.29, 1.82) is 0 Å². The molecule has 2 aromatic rings. The van der Waals surface area contributed by atoms with Gasteiger partial charge in [0.25, 0.3) is 0 Å².